The molecule has 0 saturated heterocycles. The first-order valence-corrected chi connectivity index (χ1v) is 4.71. The molecule has 5 heteroatoms. The van der Waals surface area contributed by atoms with Crippen molar-refractivity contribution in [3.8, 4) is 5.75 Å². The van der Waals surface area contributed by atoms with E-state index in [0.29, 0.717) is 24.6 Å². The predicted octanol–water partition coefficient (Wildman–Crippen LogP) is 1.42. The van der Waals surface area contributed by atoms with E-state index in [1.165, 1.54) is 4.90 Å². The van der Waals surface area contributed by atoms with Crippen molar-refractivity contribution in [2.75, 3.05) is 11.4 Å². The first kappa shape index (κ1) is 9.79. The van der Waals surface area contributed by atoms with Gasteiger partial charge in [-0.15, -0.1) is 0 Å². The highest BCUT2D eigenvalue weighted by atomic mass is 17.2. The van der Waals surface area contributed by atoms with Crippen molar-refractivity contribution >= 4 is 11.7 Å². The summed E-state index contributed by atoms with van der Waals surface area (Å²) in [5.74, 6) is 0.646. The van der Waals surface area contributed by atoms with Gasteiger partial charge in [-0.05, 0) is 13.0 Å². The maximum absolute atomic E-state index is 11.1. The number of benzene rings is 1. The number of urea groups is 1. The zero-order chi connectivity index (χ0) is 10.8. The van der Waals surface area contributed by atoms with Crippen LogP contribution in [0, 0.1) is 0 Å². The lowest BCUT2D eigenvalue weighted by atomic mass is 10.2. The molecule has 2 rings (SSSR count). The van der Waals surface area contributed by atoms with E-state index in [1.54, 1.807) is 6.07 Å². The molecule has 0 saturated carbocycles. The van der Waals surface area contributed by atoms with Gasteiger partial charge in [-0.25, -0.2) is 4.79 Å². The number of fused-ring (bicyclic) bond motifs is 1. The van der Waals surface area contributed by atoms with Gasteiger partial charge in [-0.3, -0.25) is 4.90 Å². The summed E-state index contributed by atoms with van der Waals surface area (Å²) in [4.78, 5) is 22.3. The van der Waals surface area contributed by atoms with Crippen LogP contribution in [-0.4, -0.2) is 12.6 Å². The lowest BCUT2D eigenvalue weighted by Gasteiger charge is -2.18. The molecule has 0 atom stereocenters. The molecule has 0 radical (unpaired) electrons. The molecule has 0 bridgehead atoms. The summed E-state index contributed by atoms with van der Waals surface area (Å²) in [7, 11) is 0. The summed E-state index contributed by atoms with van der Waals surface area (Å²) in [5.41, 5.74) is 6.93. The average molecular weight is 208 g/mol. The minimum atomic E-state index is -0.476. The van der Waals surface area contributed by atoms with Crippen LogP contribution in [0.5, 0.6) is 5.75 Å². The quantitative estimate of drug-likeness (QED) is 0.747. The second-order valence-corrected chi connectivity index (χ2v) is 3.22. The monoisotopic (exact) mass is 208 g/mol. The van der Waals surface area contributed by atoms with Crippen LogP contribution in [0.3, 0.4) is 0 Å². The fourth-order valence-corrected chi connectivity index (χ4v) is 1.53. The van der Waals surface area contributed by atoms with Crippen LogP contribution in [0.4, 0.5) is 10.5 Å². The number of anilines is 1. The van der Waals surface area contributed by atoms with E-state index in [9.17, 15) is 4.79 Å². The molecule has 2 amide bonds. The second kappa shape index (κ2) is 3.78. The maximum Gasteiger partial charge on any atom is 0.319 e. The Morgan fingerprint density at radius 3 is 3.07 bits per heavy atom. The summed E-state index contributed by atoms with van der Waals surface area (Å²) in [5, 5.41) is 0. The molecule has 15 heavy (non-hydrogen) atoms. The SMILES string of the molecule is CCN(C(N)=O)c1ccc2c(c1)OOC2. The Morgan fingerprint density at radius 2 is 2.40 bits per heavy atom. The van der Waals surface area contributed by atoms with E-state index in [2.05, 4.69) is 0 Å². The number of rotatable bonds is 2. The highest BCUT2D eigenvalue weighted by molar-refractivity contribution is 5.90. The van der Waals surface area contributed by atoms with Gasteiger partial charge in [0, 0.05) is 23.9 Å². The Morgan fingerprint density at radius 1 is 1.60 bits per heavy atom. The number of nitrogens with zero attached hydrogens (tertiary/aromatic N) is 1. The van der Waals surface area contributed by atoms with Crippen LogP contribution >= 0.6 is 0 Å². The summed E-state index contributed by atoms with van der Waals surface area (Å²) in [6.45, 7) is 2.82. The highest BCUT2D eigenvalue weighted by Crippen LogP contribution is 2.30. The minimum absolute atomic E-state index is 0.443. The third-order valence-corrected chi connectivity index (χ3v) is 2.31. The van der Waals surface area contributed by atoms with Crippen molar-refractivity contribution in [3.63, 3.8) is 0 Å². The van der Waals surface area contributed by atoms with Gasteiger partial charge in [0.05, 0.1) is 0 Å². The van der Waals surface area contributed by atoms with E-state index in [4.69, 9.17) is 15.5 Å². The third kappa shape index (κ3) is 1.73. The molecule has 1 aliphatic rings. The van der Waals surface area contributed by atoms with E-state index in [-0.39, 0.29) is 0 Å². The molecule has 1 aliphatic heterocycles. The highest BCUT2D eigenvalue weighted by Gasteiger charge is 2.17. The molecule has 0 unspecified atom stereocenters. The van der Waals surface area contributed by atoms with Crippen LogP contribution in [0.1, 0.15) is 12.5 Å². The van der Waals surface area contributed by atoms with Gasteiger partial charge < -0.3 is 10.6 Å². The molecule has 80 valence electrons. The van der Waals surface area contributed by atoms with Crippen LogP contribution < -0.4 is 15.5 Å². The molecule has 0 aliphatic carbocycles. The fourth-order valence-electron chi connectivity index (χ4n) is 1.53. The number of hydrogen-bond acceptors (Lipinski definition) is 3. The number of amides is 2. The predicted molar refractivity (Wildman–Crippen MR) is 54.5 cm³/mol. The largest absolute Gasteiger partial charge is 0.351 e. The van der Waals surface area contributed by atoms with Crippen molar-refractivity contribution in [1.82, 2.24) is 0 Å². The second-order valence-electron chi connectivity index (χ2n) is 3.22. The minimum Gasteiger partial charge on any atom is -0.351 e. The standard InChI is InChI=1S/C10H12N2O3/c1-2-12(10(11)13)8-4-3-7-6-14-15-9(7)5-8/h3-5H,2,6H2,1H3,(H2,11,13). The fraction of sp³-hybridized carbons (Fsp3) is 0.300. The molecular formula is C10H12N2O3. The smallest absolute Gasteiger partial charge is 0.319 e. The Hall–Kier alpha value is -1.75. The number of primary amides is 1. The van der Waals surface area contributed by atoms with Gasteiger partial charge in [0.1, 0.15) is 6.61 Å². The van der Waals surface area contributed by atoms with Crippen molar-refractivity contribution in [3.05, 3.63) is 23.8 Å². The van der Waals surface area contributed by atoms with Crippen molar-refractivity contribution in [2.24, 2.45) is 5.73 Å². The summed E-state index contributed by atoms with van der Waals surface area (Å²) in [6.07, 6.45) is 0. The topological polar surface area (TPSA) is 64.8 Å². The lowest BCUT2D eigenvalue weighted by Crippen LogP contribution is -2.35. The molecule has 1 aromatic carbocycles. The Balaban J connectivity index is 2.32. The van der Waals surface area contributed by atoms with Crippen LogP contribution in [0.2, 0.25) is 0 Å². The molecule has 0 fully saturated rings. The third-order valence-electron chi connectivity index (χ3n) is 2.31. The normalized spacial score (nSPS) is 13.1. The average Bonchev–Trinajstić information content (AvgIpc) is 2.65. The number of nitrogens with two attached hydrogens (primary N) is 1. The van der Waals surface area contributed by atoms with Gasteiger partial charge in [-0.2, -0.15) is 4.89 Å². The van der Waals surface area contributed by atoms with E-state index < -0.39 is 6.03 Å². The Labute approximate surface area is 87.3 Å². The van der Waals surface area contributed by atoms with Crippen LogP contribution in [0.15, 0.2) is 18.2 Å². The summed E-state index contributed by atoms with van der Waals surface area (Å²) < 4.78 is 0. The zero-order valence-electron chi connectivity index (χ0n) is 8.40. The van der Waals surface area contributed by atoms with Gasteiger partial charge in [0.2, 0.25) is 0 Å². The molecule has 1 heterocycles. The number of carbonyl (C=O) groups is 1. The Kier molecular flexibility index (Phi) is 2.47. The Bertz CT molecular complexity index is 392. The van der Waals surface area contributed by atoms with E-state index in [0.717, 1.165) is 5.56 Å². The first-order valence-electron chi connectivity index (χ1n) is 4.71. The van der Waals surface area contributed by atoms with Gasteiger partial charge in [0.15, 0.2) is 5.75 Å². The van der Waals surface area contributed by atoms with Gasteiger partial charge in [-0.1, -0.05) is 6.07 Å². The molecule has 0 spiro atoms. The number of carbonyl (C=O) groups excluding carboxylic acids is 1. The van der Waals surface area contributed by atoms with E-state index >= 15 is 0 Å². The van der Waals surface area contributed by atoms with Gasteiger partial charge >= 0.3 is 6.03 Å². The first-order chi connectivity index (χ1) is 7.22. The summed E-state index contributed by atoms with van der Waals surface area (Å²) >= 11 is 0. The van der Waals surface area contributed by atoms with Crippen LogP contribution in [-0.2, 0) is 11.5 Å². The molecule has 0 aromatic heterocycles. The van der Waals surface area contributed by atoms with E-state index in [1.807, 2.05) is 19.1 Å². The molecule has 2 N–H and O–H groups in total. The van der Waals surface area contributed by atoms with Crippen molar-refractivity contribution in [2.45, 2.75) is 13.5 Å². The van der Waals surface area contributed by atoms with Crippen LogP contribution in [0.25, 0.3) is 0 Å². The maximum atomic E-state index is 11.1. The molecular weight excluding hydrogens is 196 g/mol. The molecule has 1 aromatic rings. The van der Waals surface area contributed by atoms with Crippen molar-refractivity contribution < 1.29 is 14.6 Å². The summed E-state index contributed by atoms with van der Waals surface area (Å²) in [6, 6.07) is 4.96. The van der Waals surface area contributed by atoms with Gasteiger partial charge in [0.25, 0.3) is 0 Å². The molecule has 5 nitrogen and oxygen atoms in total. The van der Waals surface area contributed by atoms with Crippen molar-refractivity contribution in [1.29, 1.82) is 0 Å². The lowest BCUT2D eigenvalue weighted by molar-refractivity contribution is -0.194. The number of hydrogen-bond donors (Lipinski definition) is 1. The zero-order valence-corrected chi connectivity index (χ0v) is 8.40.